The highest BCUT2D eigenvalue weighted by molar-refractivity contribution is 5.93. The lowest BCUT2D eigenvalue weighted by Gasteiger charge is -2.38. The SMILES string of the molecule is C=C/C=C\C(=C)CCN1CCC(N(C(=O)CC)c2ccccc2)CC1. The van der Waals surface area contributed by atoms with Crippen LogP contribution in [-0.2, 0) is 4.79 Å². The Balaban J connectivity index is 1.90. The lowest BCUT2D eigenvalue weighted by atomic mass is 10.0. The molecule has 0 radical (unpaired) electrons. The first-order chi connectivity index (χ1) is 12.2. The average Bonchev–Trinajstić information content (AvgIpc) is 2.66. The van der Waals surface area contributed by atoms with Crippen LogP contribution in [0.5, 0.6) is 0 Å². The van der Waals surface area contributed by atoms with Crippen LogP contribution >= 0.6 is 0 Å². The van der Waals surface area contributed by atoms with Gasteiger partial charge in [-0.15, -0.1) is 0 Å². The summed E-state index contributed by atoms with van der Waals surface area (Å²) in [4.78, 5) is 17.0. The third kappa shape index (κ3) is 5.71. The minimum Gasteiger partial charge on any atom is -0.309 e. The number of hydrogen-bond acceptors (Lipinski definition) is 2. The van der Waals surface area contributed by atoms with E-state index in [4.69, 9.17) is 0 Å². The summed E-state index contributed by atoms with van der Waals surface area (Å²) in [6, 6.07) is 10.4. The smallest absolute Gasteiger partial charge is 0.226 e. The molecule has 1 heterocycles. The van der Waals surface area contributed by atoms with Crippen molar-refractivity contribution < 1.29 is 4.79 Å². The van der Waals surface area contributed by atoms with E-state index in [2.05, 4.69) is 18.1 Å². The first-order valence-corrected chi connectivity index (χ1v) is 9.22. The number of benzene rings is 1. The number of hydrogen-bond donors (Lipinski definition) is 0. The zero-order chi connectivity index (χ0) is 18.1. The Morgan fingerprint density at radius 1 is 1.28 bits per heavy atom. The summed E-state index contributed by atoms with van der Waals surface area (Å²) in [5.74, 6) is 0.215. The van der Waals surface area contributed by atoms with Crippen LogP contribution in [0.25, 0.3) is 0 Å². The molecule has 1 saturated heterocycles. The van der Waals surface area contributed by atoms with Gasteiger partial charge in [0.15, 0.2) is 0 Å². The molecule has 3 heteroatoms. The highest BCUT2D eigenvalue weighted by atomic mass is 16.2. The Labute approximate surface area is 152 Å². The summed E-state index contributed by atoms with van der Waals surface area (Å²) in [6.07, 6.45) is 9.31. The maximum atomic E-state index is 12.5. The van der Waals surface area contributed by atoms with Crippen molar-refractivity contribution in [2.24, 2.45) is 0 Å². The van der Waals surface area contributed by atoms with E-state index in [0.29, 0.717) is 12.5 Å². The van der Waals surface area contributed by atoms with E-state index < -0.39 is 0 Å². The Kier molecular flexibility index (Phi) is 7.68. The molecular formula is C22H30N2O. The Morgan fingerprint density at radius 2 is 1.96 bits per heavy atom. The van der Waals surface area contributed by atoms with Crippen LogP contribution in [0.4, 0.5) is 5.69 Å². The molecule has 1 aromatic rings. The molecule has 1 aliphatic heterocycles. The molecule has 0 aliphatic carbocycles. The third-order valence-electron chi connectivity index (χ3n) is 4.74. The van der Waals surface area contributed by atoms with Crippen molar-refractivity contribution in [2.75, 3.05) is 24.5 Å². The summed E-state index contributed by atoms with van der Waals surface area (Å²) >= 11 is 0. The van der Waals surface area contributed by atoms with Gasteiger partial charge in [-0.05, 0) is 31.4 Å². The highest BCUT2D eigenvalue weighted by Gasteiger charge is 2.28. The van der Waals surface area contributed by atoms with Gasteiger partial charge in [0.2, 0.25) is 5.91 Å². The molecule has 0 atom stereocenters. The lowest BCUT2D eigenvalue weighted by Crippen LogP contribution is -2.47. The number of para-hydroxylation sites is 1. The summed E-state index contributed by atoms with van der Waals surface area (Å²) in [6.45, 7) is 12.8. The average molecular weight is 338 g/mol. The predicted molar refractivity (Wildman–Crippen MR) is 107 cm³/mol. The second-order valence-corrected chi connectivity index (χ2v) is 6.53. The van der Waals surface area contributed by atoms with Gasteiger partial charge in [0, 0.05) is 37.8 Å². The first kappa shape index (κ1) is 19.2. The van der Waals surface area contributed by atoms with Gasteiger partial charge in [-0.2, -0.15) is 0 Å². The van der Waals surface area contributed by atoms with Gasteiger partial charge >= 0.3 is 0 Å². The van der Waals surface area contributed by atoms with Gasteiger partial charge in [0.05, 0.1) is 0 Å². The molecule has 2 rings (SSSR count). The van der Waals surface area contributed by atoms with Crippen LogP contribution in [0.1, 0.15) is 32.6 Å². The standard InChI is InChI=1S/C22H30N2O/c1-4-6-10-19(3)13-16-23-17-14-21(15-18-23)24(22(25)5-2)20-11-8-7-9-12-20/h4,6-12,21H,1,3,5,13-18H2,2H3/b10-6-. The molecule has 134 valence electrons. The molecule has 3 nitrogen and oxygen atoms in total. The van der Waals surface area contributed by atoms with Gasteiger partial charge in [-0.25, -0.2) is 0 Å². The molecule has 1 aliphatic rings. The maximum absolute atomic E-state index is 12.5. The Hall–Kier alpha value is -2.13. The van der Waals surface area contributed by atoms with Crippen molar-refractivity contribution in [3.05, 3.63) is 67.3 Å². The van der Waals surface area contributed by atoms with Gasteiger partial charge in [-0.3, -0.25) is 4.79 Å². The molecule has 0 aromatic heterocycles. The maximum Gasteiger partial charge on any atom is 0.226 e. The zero-order valence-electron chi connectivity index (χ0n) is 15.4. The number of anilines is 1. The molecule has 1 amide bonds. The van der Waals surface area contributed by atoms with E-state index in [1.165, 1.54) is 0 Å². The minimum atomic E-state index is 0.215. The highest BCUT2D eigenvalue weighted by Crippen LogP contribution is 2.24. The minimum absolute atomic E-state index is 0.215. The normalized spacial score (nSPS) is 16.0. The molecule has 25 heavy (non-hydrogen) atoms. The molecule has 0 bridgehead atoms. The van der Waals surface area contributed by atoms with E-state index in [1.54, 1.807) is 6.08 Å². The van der Waals surface area contributed by atoms with Gasteiger partial charge in [0.25, 0.3) is 0 Å². The van der Waals surface area contributed by atoms with Crippen molar-refractivity contribution in [2.45, 2.75) is 38.6 Å². The fraction of sp³-hybridized carbons (Fsp3) is 0.409. The number of rotatable bonds is 8. The fourth-order valence-corrected chi connectivity index (χ4v) is 3.31. The third-order valence-corrected chi connectivity index (χ3v) is 4.74. The van der Waals surface area contributed by atoms with Crippen LogP contribution in [0.15, 0.2) is 67.3 Å². The summed E-state index contributed by atoms with van der Waals surface area (Å²) < 4.78 is 0. The van der Waals surface area contributed by atoms with Crippen molar-refractivity contribution in [3.63, 3.8) is 0 Å². The van der Waals surface area contributed by atoms with Crippen LogP contribution in [0, 0.1) is 0 Å². The van der Waals surface area contributed by atoms with Crippen molar-refractivity contribution >= 4 is 11.6 Å². The number of piperidine rings is 1. The fourth-order valence-electron chi connectivity index (χ4n) is 3.31. The lowest BCUT2D eigenvalue weighted by molar-refractivity contribution is -0.119. The summed E-state index contributed by atoms with van der Waals surface area (Å²) in [5, 5.41) is 0. The number of nitrogens with zero attached hydrogens (tertiary/aromatic N) is 2. The monoisotopic (exact) mass is 338 g/mol. The van der Waals surface area contributed by atoms with Gasteiger partial charge in [0.1, 0.15) is 0 Å². The predicted octanol–water partition coefficient (Wildman–Crippen LogP) is 4.58. The molecule has 0 unspecified atom stereocenters. The number of amides is 1. The van der Waals surface area contributed by atoms with Crippen LogP contribution in [0.3, 0.4) is 0 Å². The van der Waals surface area contributed by atoms with Crippen molar-refractivity contribution in [1.82, 2.24) is 4.90 Å². The largest absolute Gasteiger partial charge is 0.309 e. The van der Waals surface area contributed by atoms with E-state index in [-0.39, 0.29) is 5.91 Å². The van der Waals surface area contributed by atoms with Crippen molar-refractivity contribution in [1.29, 1.82) is 0 Å². The van der Waals surface area contributed by atoms with E-state index in [0.717, 1.165) is 50.2 Å². The van der Waals surface area contributed by atoms with Crippen molar-refractivity contribution in [3.8, 4) is 0 Å². The Bertz CT molecular complexity index is 598. The Morgan fingerprint density at radius 3 is 2.56 bits per heavy atom. The summed E-state index contributed by atoms with van der Waals surface area (Å²) in [7, 11) is 0. The van der Waals surface area contributed by atoms with Gasteiger partial charge < -0.3 is 9.80 Å². The number of likely N-dealkylation sites (tertiary alicyclic amines) is 1. The van der Waals surface area contributed by atoms with E-state index >= 15 is 0 Å². The quantitative estimate of drug-likeness (QED) is 0.648. The zero-order valence-corrected chi connectivity index (χ0v) is 15.4. The molecule has 1 aromatic carbocycles. The first-order valence-electron chi connectivity index (χ1n) is 9.22. The molecule has 0 N–H and O–H groups in total. The van der Waals surface area contributed by atoms with E-state index in [1.807, 2.05) is 54.3 Å². The summed E-state index contributed by atoms with van der Waals surface area (Å²) in [5.41, 5.74) is 2.16. The van der Waals surface area contributed by atoms with E-state index in [9.17, 15) is 4.79 Å². The topological polar surface area (TPSA) is 23.6 Å². The van der Waals surface area contributed by atoms with Gasteiger partial charge in [-0.1, -0.05) is 62.1 Å². The molecule has 0 spiro atoms. The number of allylic oxidation sites excluding steroid dienone is 3. The molecule has 0 saturated carbocycles. The molecular weight excluding hydrogens is 308 g/mol. The second kappa shape index (κ2) is 10.00. The van der Waals surface area contributed by atoms with Crippen LogP contribution in [-0.4, -0.2) is 36.5 Å². The van der Waals surface area contributed by atoms with Crippen LogP contribution in [0.2, 0.25) is 0 Å². The second-order valence-electron chi connectivity index (χ2n) is 6.53. The number of carbonyl (C=O) groups is 1. The van der Waals surface area contributed by atoms with Crippen LogP contribution < -0.4 is 4.90 Å². The molecule has 1 fully saturated rings. The number of carbonyl (C=O) groups excluding carboxylic acids is 1.